The van der Waals surface area contributed by atoms with E-state index >= 15 is 0 Å². The average Bonchev–Trinajstić information content (AvgIpc) is 2.09. The van der Waals surface area contributed by atoms with E-state index in [1.807, 2.05) is 0 Å². The Balaban J connectivity index is 3.85. The molecule has 0 fully saturated rings. The fourth-order valence-electron chi connectivity index (χ4n) is 1.32. The summed E-state index contributed by atoms with van der Waals surface area (Å²) in [4.78, 5) is 0. The summed E-state index contributed by atoms with van der Waals surface area (Å²) in [5.74, 6) is 0. The van der Waals surface area contributed by atoms with Gasteiger partial charge in [-0.15, -0.1) is 0 Å². The predicted octanol–water partition coefficient (Wildman–Crippen LogP) is 5.56. The Bertz CT molecular complexity index is 184. The van der Waals surface area contributed by atoms with Gasteiger partial charge in [-0.05, 0) is 17.9 Å². The Labute approximate surface area is 98.2 Å². The molecule has 0 aromatic carbocycles. The van der Waals surface area contributed by atoms with E-state index in [0.29, 0.717) is 5.04 Å². The van der Waals surface area contributed by atoms with Crippen molar-refractivity contribution in [3.63, 3.8) is 0 Å². The van der Waals surface area contributed by atoms with E-state index in [1.165, 1.54) is 32.1 Å². The first-order valence-electron chi connectivity index (χ1n) is 6.49. The molecule has 0 saturated heterocycles. The van der Waals surface area contributed by atoms with Crippen molar-refractivity contribution >= 4 is 8.07 Å². The molecule has 0 aromatic rings. The number of hydrogen-bond donors (Lipinski definition) is 0. The van der Waals surface area contributed by atoms with Gasteiger partial charge in [0.2, 0.25) is 0 Å². The molecular formula is C14H30Si. The Morgan fingerprint density at radius 3 is 2.07 bits per heavy atom. The summed E-state index contributed by atoms with van der Waals surface area (Å²) in [7, 11) is -1.15. The molecule has 0 N–H and O–H groups in total. The van der Waals surface area contributed by atoms with Gasteiger partial charge in [-0.3, -0.25) is 0 Å². The van der Waals surface area contributed by atoms with Crippen LogP contribution in [0.2, 0.25) is 18.1 Å². The zero-order chi connectivity index (χ0) is 11.9. The summed E-state index contributed by atoms with van der Waals surface area (Å²) in [5, 5.41) is 0.493. The normalized spacial score (nSPS) is 13.7. The first-order chi connectivity index (χ1) is 6.81. The summed E-state index contributed by atoms with van der Waals surface area (Å²) in [6.07, 6.45) is 9.23. The Morgan fingerprint density at radius 1 is 1.00 bits per heavy atom. The van der Waals surface area contributed by atoms with E-state index in [0.717, 1.165) is 0 Å². The highest BCUT2D eigenvalue weighted by Gasteiger charge is 2.31. The molecule has 0 atom stereocenters. The van der Waals surface area contributed by atoms with E-state index in [-0.39, 0.29) is 0 Å². The van der Waals surface area contributed by atoms with Crippen molar-refractivity contribution in [1.29, 1.82) is 0 Å². The first-order valence-corrected chi connectivity index (χ1v) is 9.56. The van der Waals surface area contributed by atoms with Crippen LogP contribution in [0.4, 0.5) is 0 Å². The largest absolute Gasteiger partial charge is 0.0981 e. The molecule has 0 aromatic heterocycles. The minimum absolute atomic E-state index is 0.493. The average molecular weight is 226 g/mol. The van der Waals surface area contributed by atoms with Gasteiger partial charge in [0.25, 0.3) is 0 Å². The topological polar surface area (TPSA) is 0 Å². The lowest BCUT2D eigenvalue weighted by Crippen LogP contribution is -2.34. The maximum Gasteiger partial charge on any atom is 0.0766 e. The van der Waals surface area contributed by atoms with Gasteiger partial charge < -0.3 is 0 Å². The molecule has 90 valence electrons. The minimum Gasteiger partial charge on any atom is -0.0981 e. The third kappa shape index (κ3) is 6.19. The summed E-state index contributed by atoms with van der Waals surface area (Å²) in [6, 6.07) is 0. The smallest absolute Gasteiger partial charge is 0.0766 e. The molecule has 0 aliphatic heterocycles. The monoisotopic (exact) mass is 226 g/mol. The van der Waals surface area contributed by atoms with Crippen molar-refractivity contribution in [3.8, 4) is 0 Å². The lowest BCUT2D eigenvalue weighted by atomic mass is 10.2. The third-order valence-corrected chi connectivity index (χ3v) is 8.63. The summed E-state index contributed by atoms with van der Waals surface area (Å²) < 4.78 is 0. The highest BCUT2D eigenvalue weighted by atomic mass is 28.3. The third-order valence-electron chi connectivity index (χ3n) is 3.69. The highest BCUT2D eigenvalue weighted by Crippen LogP contribution is 2.36. The Morgan fingerprint density at radius 2 is 1.60 bits per heavy atom. The number of unbranched alkanes of at least 4 members (excludes halogenated alkanes) is 4. The zero-order valence-corrected chi connectivity index (χ0v) is 12.7. The van der Waals surface area contributed by atoms with Crippen molar-refractivity contribution < 1.29 is 0 Å². The number of allylic oxidation sites excluding steroid dienone is 1. The van der Waals surface area contributed by atoms with Gasteiger partial charge in [0.05, 0.1) is 8.07 Å². The van der Waals surface area contributed by atoms with Crippen LogP contribution in [-0.2, 0) is 0 Å². The number of rotatable bonds is 6. The van der Waals surface area contributed by atoms with Crippen LogP contribution in [0.25, 0.3) is 0 Å². The van der Waals surface area contributed by atoms with Gasteiger partial charge in [0.1, 0.15) is 0 Å². The molecule has 0 bridgehead atoms. The molecule has 0 heterocycles. The predicted molar refractivity (Wildman–Crippen MR) is 75.1 cm³/mol. The Kier molecular flexibility index (Phi) is 6.50. The second-order valence-electron chi connectivity index (χ2n) is 6.22. The van der Waals surface area contributed by atoms with Gasteiger partial charge in [-0.1, -0.05) is 71.8 Å². The summed E-state index contributed by atoms with van der Waals surface area (Å²) in [6.45, 7) is 14.3. The molecule has 0 unspecified atom stereocenters. The fourth-order valence-corrected chi connectivity index (χ4v) is 2.57. The van der Waals surface area contributed by atoms with Crippen molar-refractivity contribution in [1.82, 2.24) is 0 Å². The summed E-state index contributed by atoms with van der Waals surface area (Å²) >= 11 is 0. The lowest BCUT2D eigenvalue weighted by Gasteiger charge is -2.34. The second kappa shape index (κ2) is 6.52. The molecule has 0 saturated carbocycles. The van der Waals surface area contributed by atoms with Crippen molar-refractivity contribution in [2.75, 3.05) is 0 Å². The molecule has 0 radical (unpaired) electrons. The molecule has 1 heteroatoms. The molecule has 0 aliphatic carbocycles. The van der Waals surface area contributed by atoms with Gasteiger partial charge in [-0.2, -0.15) is 0 Å². The van der Waals surface area contributed by atoms with Gasteiger partial charge in [-0.25, -0.2) is 0 Å². The van der Waals surface area contributed by atoms with Crippen molar-refractivity contribution in [3.05, 3.63) is 11.8 Å². The molecule has 0 aliphatic rings. The van der Waals surface area contributed by atoms with Crippen LogP contribution in [0.15, 0.2) is 11.8 Å². The zero-order valence-electron chi connectivity index (χ0n) is 11.7. The van der Waals surface area contributed by atoms with Gasteiger partial charge in [0, 0.05) is 0 Å². The van der Waals surface area contributed by atoms with Crippen molar-refractivity contribution in [2.24, 2.45) is 0 Å². The van der Waals surface area contributed by atoms with Gasteiger partial charge >= 0.3 is 0 Å². The van der Waals surface area contributed by atoms with E-state index in [2.05, 4.69) is 52.6 Å². The number of hydrogen-bond acceptors (Lipinski definition) is 0. The van der Waals surface area contributed by atoms with Crippen LogP contribution in [0, 0.1) is 0 Å². The quantitative estimate of drug-likeness (QED) is 0.411. The van der Waals surface area contributed by atoms with E-state index < -0.39 is 8.07 Å². The first kappa shape index (κ1) is 15.0. The van der Waals surface area contributed by atoms with Crippen LogP contribution >= 0.6 is 0 Å². The SMILES string of the molecule is CCCCCCC=C[Si](C)(C)C(C)(C)C. The van der Waals surface area contributed by atoms with Crippen LogP contribution in [-0.4, -0.2) is 8.07 Å². The summed E-state index contributed by atoms with van der Waals surface area (Å²) in [5.41, 5.74) is 2.54. The van der Waals surface area contributed by atoms with E-state index in [4.69, 9.17) is 0 Å². The van der Waals surface area contributed by atoms with Crippen LogP contribution in [0.5, 0.6) is 0 Å². The minimum atomic E-state index is -1.15. The van der Waals surface area contributed by atoms with E-state index in [9.17, 15) is 0 Å². The molecular weight excluding hydrogens is 196 g/mol. The van der Waals surface area contributed by atoms with Crippen LogP contribution in [0.1, 0.15) is 59.8 Å². The maximum absolute atomic E-state index is 2.54. The lowest BCUT2D eigenvalue weighted by molar-refractivity contribution is 0.674. The Hall–Kier alpha value is -0.0431. The second-order valence-corrected chi connectivity index (χ2v) is 11.5. The van der Waals surface area contributed by atoms with Crippen LogP contribution < -0.4 is 0 Å². The molecule has 15 heavy (non-hydrogen) atoms. The molecule has 0 spiro atoms. The van der Waals surface area contributed by atoms with Crippen molar-refractivity contribution in [2.45, 2.75) is 77.9 Å². The van der Waals surface area contributed by atoms with Gasteiger partial charge in [0.15, 0.2) is 0 Å². The molecule has 0 rings (SSSR count). The standard InChI is InChI=1S/C14H30Si/c1-7-8-9-10-11-12-13-15(5,6)14(2,3)4/h12-13H,7-11H2,1-6H3. The maximum atomic E-state index is 2.54. The fraction of sp³-hybridized carbons (Fsp3) is 0.857. The van der Waals surface area contributed by atoms with E-state index in [1.54, 1.807) is 0 Å². The molecule has 0 nitrogen and oxygen atoms in total. The van der Waals surface area contributed by atoms with Crippen LogP contribution in [0.3, 0.4) is 0 Å². The highest BCUT2D eigenvalue weighted by molar-refractivity contribution is 6.84. The molecule has 0 amide bonds.